The zero-order chi connectivity index (χ0) is 17.7. The Morgan fingerprint density at radius 2 is 1.84 bits per heavy atom. The maximum absolute atomic E-state index is 12.3. The van der Waals surface area contributed by atoms with Crippen LogP contribution in [0.5, 0.6) is 0 Å². The molecule has 2 aromatic carbocycles. The van der Waals surface area contributed by atoms with Crippen molar-refractivity contribution in [1.82, 2.24) is 5.32 Å². The van der Waals surface area contributed by atoms with E-state index in [1.165, 1.54) is 11.3 Å². The summed E-state index contributed by atoms with van der Waals surface area (Å²) in [5.74, 6) is 0.109. The average molecular weight is 397 g/mol. The molecule has 0 spiro atoms. The largest absolute Gasteiger partial charge is 0.344 e. The number of amides is 1. The molecule has 0 bridgehead atoms. The summed E-state index contributed by atoms with van der Waals surface area (Å²) >= 11 is 3.47. The summed E-state index contributed by atoms with van der Waals surface area (Å²) in [5.41, 5.74) is 2.83. The van der Waals surface area contributed by atoms with Crippen LogP contribution in [0.2, 0.25) is 0 Å². The number of para-hydroxylation sites is 1. The molecule has 1 amide bonds. The number of halogens is 1. The summed E-state index contributed by atoms with van der Waals surface area (Å²) < 4.78 is 1.06. The number of nitrogens with zero attached hydrogens (tertiary/aromatic N) is 1. The molecule has 0 aromatic heterocycles. The maximum Gasteiger partial charge on any atom is 0.223 e. The highest BCUT2D eigenvalue weighted by molar-refractivity contribution is 9.10. The van der Waals surface area contributed by atoms with Gasteiger partial charge in [0.05, 0.1) is 0 Å². The van der Waals surface area contributed by atoms with Crippen LogP contribution in [0.3, 0.4) is 0 Å². The van der Waals surface area contributed by atoms with E-state index in [1.54, 1.807) is 0 Å². The van der Waals surface area contributed by atoms with Crippen LogP contribution in [0.4, 0.5) is 5.69 Å². The first-order valence-electron chi connectivity index (χ1n) is 8.57. The summed E-state index contributed by atoms with van der Waals surface area (Å²) in [4.78, 5) is 14.7. The Morgan fingerprint density at radius 1 is 1.12 bits per heavy atom. The third kappa shape index (κ3) is 2.43. The normalized spacial score (nSPS) is 24.1. The van der Waals surface area contributed by atoms with Crippen LogP contribution >= 0.6 is 15.9 Å². The molecule has 3 nitrogen and oxygen atoms in total. The lowest BCUT2D eigenvalue weighted by Gasteiger charge is -2.49. The highest BCUT2D eigenvalue weighted by Crippen LogP contribution is 2.52. The van der Waals surface area contributed by atoms with Gasteiger partial charge in [-0.2, -0.15) is 0 Å². The predicted molar refractivity (Wildman–Crippen MR) is 105 cm³/mol. The van der Waals surface area contributed by atoms with E-state index >= 15 is 0 Å². The number of fused-ring (bicyclic) bond motifs is 3. The lowest BCUT2D eigenvalue weighted by Crippen LogP contribution is -2.68. The van der Waals surface area contributed by atoms with Gasteiger partial charge in [-0.1, -0.05) is 66.2 Å². The summed E-state index contributed by atoms with van der Waals surface area (Å²) in [6, 6.07) is 16.7. The van der Waals surface area contributed by atoms with Crippen molar-refractivity contribution in [3.8, 4) is 0 Å². The van der Waals surface area contributed by atoms with Crippen LogP contribution in [-0.4, -0.2) is 18.1 Å². The fourth-order valence-corrected chi connectivity index (χ4v) is 4.37. The van der Waals surface area contributed by atoms with E-state index < -0.39 is 5.66 Å². The number of carbonyl (C=O) groups is 1. The Bertz CT molecular complexity index is 856. The molecule has 0 saturated carbocycles. The third-order valence-electron chi connectivity index (χ3n) is 5.53. The van der Waals surface area contributed by atoms with E-state index in [0.29, 0.717) is 6.42 Å². The van der Waals surface area contributed by atoms with Crippen molar-refractivity contribution in [3.05, 3.63) is 70.2 Å². The van der Waals surface area contributed by atoms with Gasteiger partial charge in [0.1, 0.15) is 5.66 Å². The Hall–Kier alpha value is -2.07. The molecular weight excluding hydrogens is 376 g/mol. The van der Waals surface area contributed by atoms with Gasteiger partial charge >= 0.3 is 0 Å². The molecule has 2 aliphatic heterocycles. The van der Waals surface area contributed by atoms with E-state index in [2.05, 4.69) is 88.5 Å². The first-order valence-corrected chi connectivity index (χ1v) is 9.36. The zero-order valence-electron chi connectivity index (χ0n) is 14.4. The molecule has 0 aliphatic carbocycles. The molecule has 2 aliphatic rings. The monoisotopic (exact) mass is 396 g/mol. The van der Waals surface area contributed by atoms with Crippen LogP contribution < -0.4 is 10.2 Å². The van der Waals surface area contributed by atoms with Gasteiger partial charge in [0.2, 0.25) is 5.91 Å². The Kier molecular flexibility index (Phi) is 3.76. The molecule has 1 N–H and O–H groups in total. The van der Waals surface area contributed by atoms with Crippen LogP contribution in [0.25, 0.3) is 6.08 Å². The molecular formula is C21H21BrN2O. The second-order valence-electron chi connectivity index (χ2n) is 7.24. The fourth-order valence-electron chi connectivity index (χ4n) is 4.11. The first-order chi connectivity index (χ1) is 11.9. The second kappa shape index (κ2) is 5.73. The standard InChI is InChI=1S/C21H21BrN2O/c1-20(2)17-5-3-4-6-18(17)24-14-12-19(25)23-21(20,24)13-11-15-7-9-16(22)10-8-15/h3-11,13H,12,14H2,1-2H3,(H,23,25)/b13-11+/t21-/m0/s1. The number of nitrogens with one attached hydrogen (secondary N) is 1. The summed E-state index contributed by atoms with van der Waals surface area (Å²) in [7, 11) is 0. The van der Waals surface area contributed by atoms with Crippen molar-refractivity contribution >= 4 is 33.6 Å². The molecule has 1 saturated heterocycles. The Morgan fingerprint density at radius 3 is 2.60 bits per heavy atom. The predicted octanol–water partition coefficient (Wildman–Crippen LogP) is 4.48. The van der Waals surface area contributed by atoms with Crippen molar-refractivity contribution in [2.45, 2.75) is 31.3 Å². The van der Waals surface area contributed by atoms with Gasteiger partial charge < -0.3 is 10.2 Å². The molecule has 0 radical (unpaired) electrons. The van der Waals surface area contributed by atoms with E-state index in [9.17, 15) is 4.79 Å². The van der Waals surface area contributed by atoms with Crippen LogP contribution in [-0.2, 0) is 10.2 Å². The topological polar surface area (TPSA) is 32.3 Å². The summed E-state index contributed by atoms with van der Waals surface area (Å²) in [6.07, 6.45) is 4.80. The zero-order valence-corrected chi connectivity index (χ0v) is 16.0. The second-order valence-corrected chi connectivity index (χ2v) is 8.16. The number of hydrogen-bond acceptors (Lipinski definition) is 2. The van der Waals surface area contributed by atoms with Crippen LogP contribution in [0.1, 0.15) is 31.4 Å². The van der Waals surface area contributed by atoms with Crippen molar-refractivity contribution in [1.29, 1.82) is 0 Å². The highest BCUT2D eigenvalue weighted by atomic mass is 79.9. The van der Waals surface area contributed by atoms with E-state index in [-0.39, 0.29) is 11.3 Å². The van der Waals surface area contributed by atoms with Gasteiger partial charge in [-0.3, -0.25) is 4.79 Å². The number of hydrogen-bond donors (Lipinski definition) is 1. The number of rotatable bonds is 2. The van der Waals surface area contributed by atoms with Crippen LogP contribution in [0, 0.1) is 0 Å². The molecule has 4 rings (SSSR count). The molecule has 25 heavy (non-hydrogen) atoms. The van der Waals surface area contributed by atoms with E-state index in [0.717, 1.165) is 16.6 Å². The van der Waals surface area contributed by atoms with Gasteiger partial charge in [-0.05, 0) is 35.4 Å². The fraction of sp³-hybridized carbons (Fsp3) is 0.286. The maximum atomic E-state index is 12.3. The molecule has 128 valence electrons. The molecule has 1 fully saturated rings. The molecule has 0 unspecified atom stereocenters. The smallest absolute Gasteiger partial charge is 0.223 e. The molecule has 2 aromatic rings. The van der Waals surface area contributed by atoms with Crippen molar-refractivity contribution < 1.29 is 4.79 Å². The number of benzene rings is 2. The first kappa shape index (κ1) is 16.4. The van der Waals surface area contributed by atoms with Gasteiger partial charge in [0.15, 0.2) is 0 Å². The molecule has 4 heteroatoms. The average Bonchev–Trinajstić information content (AvgIpc) is 2.79. The van der Waals surface area contributed by atoms with E-state index in [4.69, 9.17) is 0 Å². The summed E-state index contributed by atoms with van der Waals surface area (Å²) in [6.45, 7) is 5.16. The summed E-state index contributed by atoms with van der Waals surface area (Å²) in [5, 5.41) is 3.30. The van der Waals surface area contributed by atoms with Crippen LogP contribution in [0.15, 0.2) is 59.1 Å². The van der Waals surface area contributed by atoms with Gasteiger partial charge in [-0.25, -0.2) is 0 Å². The minimum Gasteiger partial charge on any atom is -0.344 e. The van der Waals surface area contributed by atoms with E-state index in [1.807, 2.05) is 12.1 Å². The Labute approximate surface area is 156 Å². The van der Waals surface area contributed by atoms with Crippen molar-refractivity contribution in [2.75, 3.05) is 11.4 Å². The van der Waals surface area contributed by atoms with Crippen molar-refractivity contribution in [3.63, 3.8) is 0 Å². The van der Waals surface area contributed by atoms with Gasteiger partial charge in [-0.15, -0.1) is 0 Å². The lowest BCUT2D eigenvalue weighted by atomic mass is 9.74. The lowest BCUT2D eigenvalue weighted by molar-refractivity contribution is -0.124. The van der Waals surface area contributed by atoms with Gasteiger partial charge in [0.25, 0.3) is 0 Å². The Balaban J connectivity index is 1.83. The highest BCUT2D eigenvalue weighted by Gasteiger charge is 2.57. The number of anilines is 1. The van der Waals surface area contributed by atoms with Gasteiger partial charge in [0, 0.05) is 28.5 Å². The minimum atomic E-state index is -0.543. The quantitative estimate of drug-likeness (QED) is 0.811. The number of carbonyl (C=O) groups excluding carboxylic acids is 1. The SMILES string of the molecule is CC1(C)c2ccccc2N2CCC(=O)N[C@@]21/C=C/c1ccc(Br)cc1. The molecule has 1 atom stereocenters. The minimum absolute atomic E-state index is 0.109. The molecule has 2 heterocycles. The third-order valence-corrected chi connectivity index (χ3v) is 6.05. The van der Waals surface area contributed by atoms with Crippen molar-refractivity contribution in [2.24, 2.45) is 0 Å².